The molecule has 3 heterocycles. The smallest absolute Gasteiger partial charge is 0.155 e. The zero-order valence-corrected chi connectivity index (χ0v) is 24.0. The molecule has 1 aliphatic carbocycles. The van der Waals surface area contributed by atoms with Crippen molar-refractivity contribution in [1.29, 1.82) is 0 Å². The van der Waals surface area contributed by atoms with Crippen LogP contribution in [0.25, 0.3) is 33.3 Å². The molecule has 1 aliphatic heterocycles. The maximum absolute atomic E-state index is 6.43. The Labute approximate surface area is 245 Å². The number of nitrogens with one attached hydrogen (secondary N) is 1. The molecule has 0 unspecified atom stereocenters. The number of hydrogen-bond acceptors (Lipinski definition) is 7. The number of benzene rings is 3. The number of halogens is 1. The van der Waals surface area contributed by atoms with Crippen LogP contribution in [0.4, 0.5) is 5.69 Å². The summed E-state index contributed by atoms with van der Waals surface area (Å²) in [6.45, 7) is 7.87. The number of hydrogen-bond donors (Lipinski definition) is 1. The van der Waals surface area contributed by atoms with Gasteiger partial charge in [0.05, 0.1) is 23.3 Å². The van der Waals surface area contributed by atoms with Gasteiger partial charge in [0, 0.05) is 67.2 Å². The van der Waals surface area contributed by atoms with E-state index >= 15 is 0 Å². The highest BCUT2D eigenvalue weighted by molar-refractivity contribution is 5.96. The Morgan fingerprint density at radius 2 is 1.54 bits per heavy atom. The normalized spacial score (nSPS) is 11.8. The third kappa shape index (κ3) is 6.37. The quantitative estimate of drug-likeness (QED) is 0.215. The Bertz CT molecular complexity index is 1750. The molecule has 6 rings (SSSR count). The van der Waals surface area contributed by atoms with Crippen molar-refractivity contribution in [3.8, 4) is 11.5 Å². The lowest BCUT2D eigenvalue weighted by Gasteiger charge is -2.20. The molecule has 0 amide bonds. The standard InChI is InChI=1S/C33H32N6O.ClH/c1-3-34-28-19-31-30(18-23(28)2)38-33-27-13-5-4-12-26(27)29(20-32(33)40-31)37-16-17-39(21-24-10-6-8-14-35-24)22-25-11-7-9-15-36-25;/h4-15,18-20,34H,3,16-17,21-22H2,1-2H3;1H/p-1. The number of rotatable bonds is 9. The fourth-order valence-corrected chi connectivity index (χ4v) is 5.07. The van der Waals surface area contributed by atoms with Gasteiger partial charge in [0.1, 0.15) is 11.2 Å². The molecule has 4 aromatic rings. The van der Waals surface area contributed by atoms with E-state index in [1.807, 2.05) is 60.9 Å². The Kier molecular flexibility index (Phi) is 8.87. The van der Waals surface area contributed by atoms with Gasteiger partial charge in [-0.05, 0) is 49.7 Å². The lowest BCUT2D eigenvalue weighted by molar-refractivity contribution is -0.00000882. The summed E-state index contributed by atoms with van der Waals surface area (Å²) in [5.74, 6) is 0.732. The number of aryl methyl sites for hydroxylation is 1. The molecule has 2 aromatic heterocycles. The molecule has 0 saturated carbocycles. The van der Waals surface area contributed by atoms with Gasteiger partial charge >= 0.3 is 0 Å². The Morgan fingerprint density at radius 1 is 0.854 bits per heavy atom. The number of anilines is 1. The fraction of sp³-hybridized carbons (Fsp3) is 0.212. The second-order valence-electron chi connectivity index (χ2n) is 9.90. The van der Waals surface area contributed by atoms with Gasteiger partial charge < -0.3 is 22.1 Å². The van der Waals surface area contributed by atoms with Crippen molar-refractivity contribution < 1.29 is 16.8 Å². The van der Waals surface area contributed by atoms with Crippen LogP contribution in [-0.4, -0.2) is 39.5 Å². The molecule has 2 aliphatic rings. The van der Waals surface area contributed by atoms with E-state index in [4.69, 9.17) is 14.4 Å². The van der Waals surface area contributed by atoms with Crippen molar-refractivity contribution in [3.63, 3.8) is 0 Å². The molecule has 0 bridgehead atoms. The summed E-state index contributed by atoms with van der Waals surface area (Å²) in [5, 5.41) is 6.42. The summed E-state index contributed by atoms with van der Waals surface area (Å²) in [6, 6.07) is 26.5. The summed E-state index contributed by atoms with van der Waals surface area (Å²) < 4.78 is 6.43. The van der Waals surface area contributed by atoms with E-state index in [2.05, 4.69) is 64.4 Å². The number of fused-ring (bicyclic) bond motifs is 4. The first-order valence-corrected chi connectivity index (χ1v) is 13.7. The van der Waals surface area contributed by atoms with Crippen LogP contribution in [-0.2, 0) is 13.1 Å². The monoisotopic (exact) mass is 563 g/mol. The average molecular weight is 564 g/mol. The summed E-state index contributed by atoms with van der Waals surface area (Å²) >= 11 is 0. The summed E-state index contributed by atoms with van der Waals surface area (Å²) in [4.78, 5) is 21.5. The summed E-state index contributed by atoms with van der Waals surface area (Å²) in [5.41, 5.74) is 6.72. The second kappa shape index (κ2) is 12.9. The molecule has 0 fully saturated rings. The van der Waals surface area contributed by atoms with Gasteiger partial charge in [-0.1, -0.05) is 36.4 Å². The van der Waals surface area contributed by atoms with Gasteiger partial charge in [0.2, 0.25) is 0 Å². The van der Waals surface area contributed by atoms with Gasteiger partial charge in [0.25, 0.3) is 0 Å². The molecule has 1 N–H and O–H groups in total. The van der Waals surface area contributed by atoms with Crippen molar-refractivity contribution in [2.45, 2.75) is 26.9 Å². The minimum atomic E-state index is 0. The predicted octanol–water partition coefficient (Wildman–Crippen LogP) is 3.22. The minimum absolute atomic E-state index is 0. The molecule has 0 saturated heterocycles. The molecule has 0 atom stereocenters. The highest BCUT2D eigenvalue weighted by Crippen LogP contribution is 2.32. The van der Waals surface area contributed by atoms with E-state index in [1.165, 1.54) is 0 Å². The first-order chi connectivity index (χ1) is 19.7. The fourth-order valence-electron chi connectivity index (χ4n) is 5.07. The molecule has 2 aromatic carbocycles. The predicted molar refractivity (Wildman–Crippen MR) is 160 cm³/mol. The van der Waals surface area contributed by atoms with Crippen LogP contribution >= 0.6 is 0 Å². The SMILES string of the molecule is CCNc1cc2oc3cc(=NCCN(Cc4ccccn4)Cc4ccccn4)c4ccccc4c-3nc2cc1C.[Cl-]. The van der Waals surface area contributed by atoms with E-state index in [0.29, 0.717) is 6.54 Å². The first kappa shape index (κ1) is 28.2. The van der Waals surface area contributed by atoms with Crippen molar-refractivity contribution >= 4 is 27.6 Å². The molecule has 208 valence electrons. The molecule has 41 heavy (non-hydrogen) atoms. The largest absolute Gasteiger partial charge is 1.00 e. The first-order valence-electron chi connectivity index (χ1n) is 13.7. The van der Waals surface area contributed by atoms with Crippen LogP contribution in [0.3, 0.4) is 0 Å². The number of pyridine rings is 2. The van der Waals surface area contributed by atoms with E-state index in [9.17, 15) is 0 Å². The second-order valence-corrected chi connectivity index (χ2v) is 9.90. The van der Waals surface area contributed by atoms with Crippen molar-refractivity contribution in [2.24, 2.45) is 4.99 Å². The van der Waals surface area contributed by atoms with Gasteiger partial charge in [0.15, 0.2) is 11.3 Å². The van der Waals surface area contributed by atoms with Gasteiger partial charge in [-0.25, -0.2) is 4.98 Å². The molecular formula is C33H32ClN6O-. The van der Waals surface area contributed by atoms with Crippen LogP contribution in [0.1, 0.15) is 23.9 Å². The third-order valence-corrected chi connectivity index (χ3v) is 7.01. The zero-order valence-electron chi connectivity index (χ0n) is 23.2. The van der Waals surface area contributed by atoms with Crippen LogP contribution < -0.4 is 23.1 Å². The maximum atomic E-state index is 6.43. The van der Waals surface area contributed by atoms with Gasteiger partial charge in [-0.2, -0.15) is 0 Å². The van der Waals surface area contributed by atoms with Gasteiger partial charge in [-0.15, -0.1) is 0 Å². The topological polar surface area (TPSA) is 79.4 Å². The Morgan fingerprint density at radius 3 is 2.20 bits per heavy atom. The van der Waals surface area contributed by atoms with Crippen molar-refractivity contribution in [2.75, 3.05) is 25.0 Å². The summed E-state index contributed by atoms with van der Waals surface area (Å²) in [6.07, 6.45) is 3.67. The lowest BCUT2D eigenvalue weighted by atomic mass is 10.0. The molecular weight excluding hydrogens is 532 g/mol. The average Bonchev–Trinajstić information content (AvgIpc) is 2.98. The van der Waals surface area contributed by atoms with Gasteiger partial charge in [-0.3, -0.25) is 19.9 Å². The Balaban J connectivity index is 0.00000337. The lowest BCUT2D eigenvalue weighted by Crippen LogP contribution is -3.00. The third-order valence-electron chi connectivity index (χ3n) is 7.01. The highest BCUT2D eigenvalue weighted by Gasteiger charge is 2.16. The van der Waals surface area contributed by atoms with Crippen LogP contribution in [0.5, 0.6) is 0 Å². The number of nitrogens with zero attached hydrogens (tertiary/aromatic N) is 5. The highest BCUT2D eigenvalue weighted by atomic mass is 35.5. The van der Waals surface area contributed by atoms with E-state index < -0.39 is 0 Å². The van der Waals surface area contributed by atoms with Crippen LogP contribution in [0, 0.1) is 6.92 Å². The zero-order chi connectivity index (χ0) is 27.3. The van der Waals surface area contributed by atoms with E-state index in [0.717, 1.165) is 87.5 Å². The maximum Gasteiger partial charge on any atom is 0.155 e. The minimum Gasteiger partial charge on any atom is -1.00 e. The van der Waals surface area contributed by atoms with E-state index in [1.54, 1.807) is 0 Å². The van der Waals surface area contributed by atoms with Crippen molar-refractivity contribution in [3.05, 3.63) is 114 Å². The van der Waals surface area contributed by atoms with Crippen molar-refractivity contribution in [1.82, 2.24) is 19.9 Å². The molecule has 0 spiro atoms. The number of aromatic nitrogens is 3. The summed E-state index contributed by atoms with van der Waals surface area (Å²) in [7, 11) is 0. The molecule has 7 nitrogen and oxygen atoms in total. The molecule has 0 radical (unpaired) electrons. The molecule has 8 heteroatoms. The van der Waals surface area contributed by atoms with Crippen LogP contribution in [0.2, 0.25) is 0 Å². The van der Waals surface area contributed by atoms with Crippen LogP contribution in [0.15, 0.2) is 101 Å². The Hall–Kier alpha value is -4.33. The van der Waals surface area contributed by atoms with E-state index in [-0.39, 0.29) is 12.4 Å².